The molecule has 0 aliphatic carbocycles. The van der Waals surface area contributed by atoms with Gasteiger partial charge in [0.2, 0.25) is 0 Å². The van der Waals surface area contributed by atoms with Gasteiger partial charge in [-0.3, -0.25) is 0 Å². The smallest absolute Gasteiger partial charge is 0.0186 e. The molecule has 0 bridgehead atoms. The van der Waals surface area contributed by atoms with E-state index in [0.717, 1.165) is 5.25 Å². The maximum atomic E-state index is 2.48. The summed E-state index contributed by atoms with van der Waals surface area (Å²) in [6.45, 7) is 8.92. The van der Waals surface area contributed by atoms with E-state index in [-0.39, 0.29) is 0 Å². The van der Waals surface area contributed by atoms with Crippen molar-refractivity contribution < 1.29 is 0 Å². The maximum absolute atomic E-state index is 2.48. The zero-order valence-electron chi connectivity index (χ0n) is 14.3. The molecule has 1 saturated heterocycles. The van der Waals surface area contributed by atoms with E-state index in [1.54, 1.807) is 11.1 Å². The SMILES string of the molecule is CC(C)=CCCC(C)=CCCC(C)=CCC1CCCSS1. The molecule has 2 heteroatoms. The molecule has 0 spiro atoms. The van der Waals surface area contributed by atoms with Gasteiger partial charge in [0.1, 0.15) is 0 Å². The third-order valence-corrected chi connectivity index (χ3v) is 6.83. The van der Waals surface area contributed by atoms with Crippen LogP contribution in [0.2, 0.25) is 0 Å². The Bertz CT molecular complexity index is 367. The van der Waals surface area contributed by atoms with E-state index in [9.17, 15) is 0 Å². The van der Waals surface area contributed by atoms with Gasteiger partial charge in [0.05, 0.1) is 0 Å². The quantitative estimate of drug-likeness (QED) is 0.338. The Labute approximate surface area is 140 Å². The lowest BCUT2D eigenvalue weighted by Crippen LogP contribution is -2.04. The minimum atomic E-state index is 0.861. The summed E-state index contributed by atoms with van der Waals surface area (Å²) in [5.74, 6) is 1.35. The first-order valence-electron chi connectivity index (χ1n) is 8.31. The summed E-state index contributed by atoms with van der Waals surface area (Å²) in [6, 6.07) is 0. The second-order valence-corrected chi connectivity index (χ2v) is 9.17. The maximum Gasteiger partial charge on any atom is 0.0186 e. The average molecular weight is 325 g/mol. The van der Waals surface area contributed by atoms with Gasteiger partial charge in [-0.2, -0.15) is 0 Å². The fraction of sp³-hybridized carbons (Fsp3) is 0.684. The molecule has 1 atom stereocenters. The molecule has 120 valence electrons. The lowest BCUT2D eigenvalue weighted by Gasteiger charge is -2.18. The summed E-state index contributed by atoms with van der Waals surface area (Å²) in [5, 5.41) is 0.861. The first kappa shape index (κ1) is 19.0. The van der Waals surface area contributed by atoms with Crippen molar-refractivity contribution in [1.82, 2.24) is 0 Å². The van der Waals surface area contributed by atoms with Crippen molar-refractivity contribution in [2.45, 2.75) is 77.9 Å². The number of hydrogen-bond acceptors (Lipinski definition) is 2. The van der Waals surface area contributed by atoms with Crippen molar-refractivity contribution in [3.05, 3.63) is 34.9 Å². The zero-order valence-corrected chi connectivity index (χ0v) is 15.9. The van der Waals surface area contributed by atoms with Crippen molar-refractivity contribution >= 4 is 21.6 Å². The van der Waals surface area contributed by atoms with Crippen molar-refractivity contribution in [2.24, 2.45) is 0 Å². The van der Waals surface area contributed by atoms with E-state index < -0.39 is 0 Å². The van der Waals surface area contributed by atoms with Crippen LogP contribution in [0.1, 0.15) is 72.6 Å². The summed E-state index contributed by atoms with van der Waals surface area (Å²) in [7, 11) is 4.16. The van der Waals surface area contributed by atoms with Gasteiger partial charge in [-0.1, -0.05) is 56.5 Å². The number of allylic oxidation sites excluding steroid dienone is 6. The van der Waals surface area contributed by atoms with Crippen molar-refractivity contribution in [3.8, 4) is 0 Å². The molecular weight excluding hydrogens is 292 g/mol. The van der Waals surface area contributed by atoms with Crippen LogP contribution >= 0.6 is 21.6 Å². The standard InChI is InChI=1S/C19H32S2/c1-16(2)8-5-9-17(3)10-6-11-18(4)13-14-19-12-7-15-20-21-19/h8,10,13,19H,5-7,9,11-12,14-15H2,1-4H3. The van der Waals surface area contributed by atoms with E-state index in [2.05, 4.69) is 67.5 Å². The molecule has 0 amide bonds. The first-order valence-corrected chi connectivity index (χ1v) is 10.7. The molecule has 0 aromatic rings. The molecule has 0 saturated carbocycles. The fourth-order valence-electron chi connectivity index (χ4n) is 2.39. The highest BCUT2D eigenvalue weighted by molar-refractivity contribution is 8.77. The topological polar surface area (TPSA) is 0 Å². The van der Waals surface area contributed by atoms with Crippen LogP contribution < -0.4 is 0 Å². The van der Waals surface area contributed by atoms with Crippen LogP contribution in [0.4, 0.5) is 0 Å². The first-order chi connectivity index (χ1) is 10.1. The Kier molecular flexibility index (Phi) is 10.4. The van der Waals surface area contributed by atoms with Crippen LogP contribution in [0, 0.1) is 0 Å². The van der Waals surface area contributed by atoms with Crippen LogP contribution in [0.15, 0.2) is 34.9 Å². The van der Waals surface area contributed by atoms with Crippen LogP contribution in [0.5, 0.6) is 0 Å². The Morgan fingerprint density at radius 1 is 0.952 bits per heavy atom. The third-order valence-electron chi connectivity index (χ3n) is 3.81. The third kappa shape index (κ3) is 10.3. The normalized spacial score (nSPS) is 20.5. The predicted octanol–water partition coefficient (Wildman–Crippen LogP) is 7.34. The van der Waals surface area contributed by atoms with E-state index in [1.165, 1.54) is 56.3 Å². The van der Waals surface area contributed by atoms with E-state index in [0.29, 0.717) is 0 Å². The van der Waals surface area contributed by atoms with E-state index in [1.807, 2.05) is 0 Å². The molecule has 21 heavy (non-hydrogen) atoms. The minimum absolute atomic E-state index is 0.861. The zero-order chi connectivity index (χ0) is 15.5. The van der Waals surface area contributed by atoms with Gasteiger partial charge in [0, 0.05) is 11.0 Å². The van der Waals surface area contributed by atoms with Gasteiger partial charge in [-0.15, -0.1) is 0 Å². The van der Waals surface area contributed by atoms with Crippen molar-refractivity contribution in [3.63, 3.8) is 0 Å². The monoisotopic (exact) mass is 324 g/mol. The van der Waals surface area contributed by atoms with E-state index in [4.69, 9.17) is 0 Å². The molecule has 0 aromatic carbocycles. The van der Waals surface area contributed by atoms with Crippen molar-refractivity contribution in [1.29, 1.82) is 0 Å². The molecule has 1 heterocycles. The fourth-order valence-corrected chi connectivity index (χ4v) is 5.15. The summed E-state index contributed by atoms with van der Waals surface area (Å²) in [6.07, 6.45) is 16.2. The van der Waals surface area contributed by atoms with Gasteiger partial charge in [-0.25, -0.2) is 0 Å². The molecule has 1 aliphatic heterocycles. The summed E-state index contributed by atoms with van der Waals surface area (Å²) in [5.41, 5.74) is 4.54. The molecule has 0 aromatic heterocycles. The summed E-state index contributed by atoms with van der Waals surface area (Å²) < 4.78 is 0. The molecular formula is C19H32S2. The summed E-state index contributed by atoms with van der Waals surface area (Å²) in [4.78, 5) is 0. The highest BCUT2D eigenvalue weighted by Gasteiger charge is 2.12. The lowest BCUT2D eigenvalue weighted by atomic mass is 10.0. The van der Waals surface area contributed by atoms with Crippen LogP contribution in [0.25, 0.3) is 0 Å². The highest BCUT2D eigenvalue weighted by atomic mass is 33.1. The highest BCUT2D eigenvalue weighted by Crippen LogP contribution is 2.37. The van der Waals surface area contributed by atoms with Crippen LogP contribution in [-0.4, -0.2) is 11.0 Å². The Morgan fingerprint density at radius 3 is 2.24 bits per heavy atom. The molecule has 0 nitrogen and oxygen atoms in total. The Balaban J connectivity index is 2.18. The van der Waals surface area contributed by atoms with Crippen LogP contribution in [-0.2, 0) is 0 Å². The minimum Gasteiger partial charge on any atom is -0.0939 e. The predicted molar refractivity (Wildman–Crippen MR) is 103 cm³/mol. The average Bonchev–Trinajstić information content (AvgIpc) is 2.46. The van der Waals surface area contributed by atoms with Gasteiger partial charge in [-0.05, 0) is 72.6 Å². The van der Waals surface area contributed by atoms with Crippen LogP contribution in [0.3, 0.4) is 0 Å². The lowest BCUT2D eigenvalue weighted by molar-refractivity contribution is 0.746. The van der Waals surface area contributed by atoms with E-state index >= 15 is 0 Å². The van der Waals surface area contributed by atoms with Crippen molar-refractivity contribution in [2.75, 3.05) is 5.75 Å². The van der Waals surface area contributed by atoms with Gasteiger partial charge < -0.3 is 0 Å². The van der Waals surface area contributed by atoms with Gasteiger partial charge in [0.15, 0.2) is 0 Å². The molecule has 0 radical (unpaired) electrons. The van der Waals surface area contributed by atoms with Gasteiger partial charge in [0.25, 0.3) is 0 Å². The molecule has 0 N–H and O–H groups in total. The Hall–Kier alpha value is -0.0800. The van der Waals surface area contributed by atoms with Gasteiger partial charge >= 0.3 is 0 Å². The molecule has 1 unspecified atom stereocenters. The Morgan fingerprint density at radius 2 is 1.62 bits per heavy atom. The second-order valence-electron chi connectivity index (χ2n) is 6.38. The number of rotatable bonds is 8. The largest absolute Gasteiger partial charge is 0.0939 e. The summed E-state index contributed by atoms with van der Waals surface area (Å²) >= 11 is 0. The number of hydrogen-bond donors (Lipinski definition) is 0. The molecule has 1 fully saturated rings. The molecule has 1 aliphatic rings. The second kappa shape index (κ2) is 11.5. The molecule has 1 rings (SSSR count).